The Labute approximate surface area is 151 Å². The first-order chi connectivity index (χ1) is 12.8. The number of likely N-dealkylation sites (tertiary alicyclic amines) is 1. The molecule has 1 saturated heterocycles. The number of H-pyrrole nitrogens is 1. The zero-order chi connectivity index (χ0) is 17.8. The third-order valence-corrected chi connectivity index (χ3v) is 4.36. The Kier molecular flexibility index (Phi) is 4.59. The topological polar surface area (TPSA) is 84.0 Å². The number of aromatic amines is 1. The lowest BCUT2D eigenvalue weighted by Gasteiger charge is -2.31. The van der Waals surface area contributed by atoms with Crippen molar-refractivity contribution >= 4 is 5.91 Å². The van der Waals surface area contributed by atoms with Crippen molar-refractivity contribution in [3.8, 4) is 17.3 Å². The van der Waals surface area contributed by atoms with Gasteiger partial charge in [0.1, 0.15) is 11.8 Å². The predicted octanol–water partition coefficient (Wildman–Crippen LogP) is 2.55. The number of ether oxygens (including phenoxy) is 1. The quantitative estimate of drug-likeness (QED) is 0.782. The van der Waals surface area contributed by atoms with Gasteiger partial charge in [-0.1, -0.05) is 30.3 Å². The first kappa shape index (κ1) is 16.3. The van der Waals surface area contributed by atoms with Gasteiger partial charge in [-0.05, 0) is 25.0 Å². The van der Waals surface area contributed by atoms with Crippen LogP contribution in [0.25, 0.3) is 11.3 Å². The summed E-state index contributed by atoms with van der Waals surface area (Å²) in [6.07, 6.45) is 4.93. The van der Waals surface area contributed by atoms with Crippen LogP contribution >= 0.6 is 0 Å². The van der Waals surface area contributed by atoms with E-state index >= 15 is 0 Å². The van der Waals surface area contributed by atoms with E-state index in [2.05, 4.69) is 20.2 Å². The third kappa shape index (κ3) is 3.56. The summed E-state index contributed by atoms with van der Waals surface area (Å²) >= 11 is 0. The Morgan fingerprint density at radius 1 is 1.15 bits per heavy atom. The zero-order valence-corrected chi connectivity index (χ0v) is 14.2. The van der Waals surface area contributed by atoms with E-state index in [0.29, 0.717) is 24.8 Å². The minimum Gasteiger partial charge on any atom is -0.458 e. The number of carbonyl (C=O) groups is 1. The molecule has 1 fully saturated rings. The lowest BCUT2D eigenvalue weighted by molar-refractivity contribution is 0.0510. The summed E-state index contributed by atoms with van der Waals surface area (Å²) in [5.74, 6) is -0.0676. The van der Waals surface area contributed by atoms with Crippen molar-refractivity contribution in [2.45, 2.75) is 18.9 Å². The minimum absolute atomic E-state index is 0.0676. The molecule has 1 unspecified atom stereocenters. The van der Waals surface area contributed by atoms with E-state index < -0.39 is 0 Å². The maximum atomic E-state index is 12.8. The fourth-order valence-corrected chi connectivity index (χ4v) is 3.07. The molecule has 0 saturated carbocycles. The number of hydrogen-bond acceptors (Lipinski definition) is 5. The number of rotatable bonds is 4. The lowest BCUT2D eigenvalue weighted by atomic mass is 10.1. The van der Waals surface area contributed by atoms with Crippen molar-refractivity contribution in [2.75, 3.05) is 13.1 Å². The van der Waals surface area contributed by atoms with Crippen LogP contribution in [0.15, 0.2) is 54.9 Å². The molecule has 2 aromatic heterocycles. The zero-order valence-electron chi connectivity index (χ0n) is 14.2. The molecule has 7 heteroatoms. The molecule has 7 nitrogen and oxygen atoms in total. The van der Waals surface area contributed by atoms with Gasteiger partial charge in [0, 0.05) is 24.5 Å². The van der Waals surface area contributed by atoms with Crippen molar-refractivity contribution in [1.29, 1.82) is 0 Å². The molecule has 0 radical (unpaired) electrons. The van der Waals surface area contributed by atoms with Gasteiger partial charge in [-0.15, -0.1) is 0 Å². The van der Waals surface area contributed by atoms with Crippen LogP contribution in [0.3, 0.4) is 0 Å². The first-order valence-corrected chi connectivity index (χ1v) is 8.63. The van der Waals surface area contributed by atoms with Crippen molar-refractivity contribution in [1.82, 2.24) is 25.1 Å². The van der Waals surface area contributed by atoms with E-state index in [1.54, 1.807) is 29.4 Å². The summed E-state index contributed by atoms with van der Waals surface area (Å²) in [4.78, 5) is 22.8. The highest BCUT2D eigenvalue weighted by atomic mass is 16.5. The van der Waals surface area contributed by atoms with E-state index in [0.717, 1.165) is 24.1 Å². The molecule has 1 aliphatic rings. The molecule has 132 valence electrons. The molecule has 1 aliphatic heterocycles. The standard InChI is InChI=1S/C19H19N5O2/c25-18(17-12-16(22-23-17)14-6-2-1-3-7-14)24-11-4-8-15(13-24)26-19-20-9-5-10-21-19/h1-3,5-7,9-10,12,15H,4,8,11,13H2,(H,22,23). The highest BCUT2D eigenvalue weighted by Crippen LogP contribution is 2.20. The van der Waals surface area contributed by atoms with E-state index in [9.17, 15) is 4.79 Å². The molecular weight excluding hydrogens is 330 g/mol. The number of nitrogens with one attached hydrogen (secondary N) is 1. The second kappa shape index (κ2) is 7.35. The molecule has 3 heterocycles. The monoisotopic (exact) mass is 349 g/mol. The number of hydrogen-bond donors (Lipinski definition) is 1. The Hall–Kier alpha value is -3.22. The Morgan fingerprint density at radius 2 is 1.96 bits per heavy atom. The average Bonchev–Trinajstić information content (AvgIpc) is 3.19. The SMILES string of the molecule is O=C(c1cc(-c2ccccc2)n[nH]1)N1CCCC(Oc2ncccn2)C1. The van der Waals surface area contributed by atoms with Crippen LogP contribution in [0, 0.1) is 0 Å². The third-order valence-electron chi connectivity index (χ3n) is 4.36. The van der Waals surface area contributed by atoms with Crippen LogP contribution in [-0.4, -0.2) is 50.2 Å². The smallest absolute Gasteiger partial charge is 0.316 e. The summed E-state index contributed by atoms with van der Waals surface area (Å²) < 4.78 is 5.80. The van der Waals surface area contributed by atoms with Crippen LogP contribution in [-0.2, 0) is 0 Å². The summed E-state index contributed by atoms with van der Waals surface area (Å²) in [5.41, 5.74) is 2.22. The molecule has 3 aromatic rings. The number of aromatic nitrogens is 4. The second-order valence-electron chi connectivity index (χ2n) is 6.20. The molecule has 0 bridgehead atoms. The highest BCUT2D eigenvalue weighted by Gasteiger charge is 2.27. The van der Waals surface area contributed by atoms with Crippen LogP contribution in [0.4, 0.5) is 0 Å². The molecule has 1 atom stereocenters. The normalized spacial score (nSPS) is 17.1. The van der Waals surface area contributed by atoms with E-state index in [-0.39, 0.29) is 12.0 Å². The molecule has 4 rings (SSSR count). The van der Waals surface area contributed by atoms with Crippen LogP contribution in [0.5, 0.6) is 6.01 Å². The number of nitrogens with zero attached hydrogens (tertiary/aromatic N) is 4. The molecule has 0 spiro atoms. The lowest BCUT2D eigenvalue weighted by Crippen LogP contribution is -2.44. The summed E-state index contributed by atoms with van der Waals surface area (Å²) in [7, 11) is 0. The van der Waals surface area contributed by atoms with Gasteiger partial charge < -0.3 is 9.64 Å². The molecular formula is C19H19N5O2. The van der Waals surface area contributed by atoms with Gasteiger partial charge >= 0.3 is 6.01 Å². The van der Waals surface area contributed by atoms with E-state index in [1.807, 2.05) is 30.3 Å². The van der Waals surface area contributed by atoms with Gasteiger partial charge in [-0.2, -0.15) is 5.10 Å². The fraction of sp³-hybridized carbons (Fsp3) is 0.263. The minimum atomic E-state index is -0.105. The average molecular weight is 349 g/mol. The number of carbonyl (C=O) groups excluding carboxylic acids is 1. The van der Waals surface area contributed by atoms with Crippen molar-refractivity contribution in [2.24, 2.45) is 0 Å². The summed E-state index contributed by atoms with van der Waals surface area (Å²) in [6.45, 7) is 1.21. The van der Waals surface area contributed by atoms with Crippen LogP contribution < -0.4 is 4.74 Å². The molecule has 26 heavy (non-hydrogen) atoms. The van der Waals surface area contributed by atoms with Gasteiger partial charge in [0.05, 0.1) is 12.2 Å². The maximum absolute atomic E-state index is 12.8. The van der Waals surface area contributed by atoms with Crippen LogP contribution in [0.1, 0.15) is 23.3 Å². The summed E-state index contributed by atoms with van der Waals surface area (Å²) in [6, 6.07) is 13.7. The van der Waals surface area contributed by atoms with Gasteiger partial charge in [-0.25, -0.2) is 9.97 Å². The molecule has 1 amide bonds. The highest BCUT2D eigenvalue weighted by molar-refractivity contribution is 5.93. The van der Waals surface area contributed by atoms with E-state index in [4.69, 9.17) is 4.74 Å². The largest absolute Gasteiger partial charge is 0.458 e. The fourth-order valence-electron chi connectivity index (χ4n) is 3.07. The van der Waals surface area contributed by atoms with Gasteiger partial charge in [0.2, 0.25) is 0 Å². The van der Waals surface area contributed by atoms with Crippen molar-refractivity contribution < 1.29 is 9.53 Å². The Bertz CT molecular complexity index is 866. The number of piperidine rings is 1. The molecule has 0 aliphatic carbocycles. The second-order valence-corrected chi connectivity index (χ2v) is 6.20. The predicted molar refractivity (Wildman–Crippen MR) is 95.6 cm³/mol. The molecule has 1 aromatic carbocycles. The molecule has 1 N–H and O–H groups in total. The Balaban J connectivity index is 1.44. The Morgan fingerprint density at radius 3 is 2.77 bits per heavy atom. The first-order valence-electron chi connectivity index (χ1n) is 8.63. The van der Waals surface area contributed by atoms with Crippen molar-refractivity contribution in [3.63, 3.8) is 0 Å². The number of benzene rings is 1. The van der Waals surface area contributed by atoms with Crippen LogP contribution in [0.2, 0.25) is 0 Å². The van der Waals surface area contributed by atoms with E-state index in [1.165, 1.54) is 0 Å². The van der Waals surface area contributed by atoms with Gasteiger partial charge in [-0.3, -0.25) is 9.89 Å². The van der Waals surface area contributed by atoms with Crippen molar-refractivity contribution in [3.05, 3.63) is 60.6 Å². The number of amides is 1. The van der Waals surface area contributed by atoms with Gasteiger partial charge in [0.25, 0.3) is 5.91 Å². The maximum Gasteiger partial charge on any atom is 0.316 e. The summed E-state index contributed by atoms with van der Waals surface area (Å²) in [5, 5.41) is 7.12. The van der Waals surface area contributed by atoms with Gasteiger partial charge in [0.15, 0.2) is 0 Å².